The average Bonchev–Trinajstić information content (AvgIpc) is 3.35. The Morgan fingerprint density at radius 1 is 1.12 bits per heavy atom. The summed E-state index contributed by atoms with van der Waals surface area (Å²) >= 11 is 0. The highest BCUT2D eigenvalue weighted by molar-refractivity contribution is 5.91. The van der Waals surface area contributed by atoms with Crippen molar-refractivity contribution in [3.05, 3.63) is 66.7 Å². The number of aromatic amines is 1. The third-order valence-corrected chi connectivity index (χ3v) is 3.75. The molecule has 26 heavy (non-hydrogen) atoms. The van der Waals surface area contributed by atoms with Crippen LogP contribution < -0.4 is 5.32 Å². The van der Waals surface area contributed by atoms with Crippen LogP contribution in [-0.4, -0.2) is 41.3 Å². The van der Waals surface area contributed by atoms with Crippen LogP contribution in [0, 0.1) is 0 Å². The Morgan fingerprint density at radius 3 is 2.65 bits per heavy atom. The highest BCUT2D eigenvalue weighted by Crippen LogP contribution is 2.18. The van der Waals surface area contributed by atoms with Crippen LogP contribution >= 0.6 is 0 Å². The number of aromatic nitrogens is 7. The predicted molar refractivity (Wildman–Crippen MR) is 93.3 cm³/mol. The van der Waals surface area contributed by atoms with Crippen LogP contribution in [0.15, 0.2) is 61.2 Å². The second-order valence-electron chi connectivity index (χ2n) is 5.55. The Morgan fingerprint density at radius 2 is 1.92 bits per heavy atom. The van der Waals surface area contributed by atoms with Gasteiger partial charge in [-0.25, -0.2) is 4.68 Å². The normalized spacial score (nSPS) is 10.6. The van der Waals surface area contributed by atoms with Crippen LogP contribution in [0.3, 0.4) is 0 Å². The molecule has 2 N–H and O–H groups in total. The Balaban J connectivity index is 1.39. The van der Waals surface area contributed by atoms with E-state index in [1.807, 2.05) is 36.4 Å². The van der Waals surface area contributed by atoms with E-state index in [1.54, 1.807) is 23.1 Å². The number of benzene rings is 1. The van der Waals surface area contributed by atoms with E-state index in [1.165, 1.54) is 6.33 Å². The van der Waals surface area contributed by atoms with E-state index in [4.69, 9.17) is 0 Å². The topological polar surface area (TPSA) is 114 Å². The number of H-pyrrole nitrogens is 1. The van der Waals surface area contributed by atoms with Gasteiger partial charge in [-0.2, -0.15) is 5.10 Å². The summed E-state index contributed by atoms with van der Waals surface area (Å²) in [4.78, 5) is 16.2. The molecule has 128 valence electrons. The monoisotopic (exact) mass is 346 g/mol. The van der Waals surface area contributed by atoms with Crippen LogP contribution in [0.2, 0.25) is 0 Å². The third-order valence-electron chi connectivity index (χ3n) is 3.75. The number of carbonyl (C=O) groups is 1. The number of rotatable bonds is 5. The summed E-state index contributed by atoms with van der Waals surface area (Å²) in [5.41, 5.74) is 3.47. The smallest absolute Gasteiger partial charge is 0.229 e. The molecule has 0 aliphatic rings. The number of hydrogen-bond donors (Lipinski definition) is 2. The fraction of sp³-hybridized carbons (Fsp3) is 0.0588. The van der Waals surface area contributed by atoms with Crippen LogP contribution in [0.5, 0.6) is 0 Å². The number of amides is 1. The molecule has 9 nitrogen and oxygen atoms in total. The zero-order chi connectivity index (χ0) is 17.8. The molecule has 0 unspecified atom stereocenters. The van der Waals surface area contributed by atoms with Gasteiger partial charge in [0.15, 0.2) is 5.82 Å². The van der Waals surface area contributed by atoms with E-state index >= 15 is 0 Å². The molecule has 0 saturated heterocycles. The molecular weight excluding hydrogens is 332 g/mol. The van der Waals surface area contributed by atoms with Gasteiger partial charge >= 0.3 is 0 Å². The Labute approximate surface area is 148 Å². The van der Waals surface area contributed by atoms with Gasteiger partial charge in [0.2, 0.25) is 5.91 Å². The van der Waals surface area contributed by atoms with Gasteiger partial charge in [-0.1, -0.05) is 12.1 Å². The molecule has 1 amide bonds. The van der Waals surface area contributed by atoms with E-state index < -0.39 is 0 Å². The summed E-state index contributed by atoms with van der Waals surface area (Å²) < 4.78 is 1.55. The summed E-state index contributed by atoms with van der Waals surface area (Å²) in [7, 11) is 0. The lowest BCUT2D eigenvalue weighted by atomic mass is 10.1. The van der Waals surface area contributed by atoms with Gasteiger partial charge in [0.1, 0.15) is 6.33 Å². The van der Waals surface area contributed by atoms with E-state index in [0.29, 0.717) is 5.82 Å². The Hall–Kier alpha value is -3.88. The number of hydrogen-bond acceptors (Lipinski definition) is 6. The van der Waals surface area contributed by atoms with Crippen molar-refractivity contribution in [2.45, 2.75) is 6.42 Å². The number of carbonyl (C=O) groups excluding carboxylic acids is 1. The van der Waals surface area contributed by atoms with Crippen molar-refractivity contribution in [1.29, 1.82) is 0 Å². The second kappa shape index (κ2) is 6.93. The molecule has 0 radical (unpaired) electrons. The van der Waals surface area contributed by atoms with E-state index in [9.17, 15) is 4.79 Å². The first-order valence-corrected chi connectivity index (χ1v) is 7.86. The summed E-state index contributed by atoms with van der Waals surface area (Å²) in [5.74, 6) is 0.333. The average molecular weight is 346 g/mol. The summed E-state index contributed by atoms with van der Waals surface area (Å²) in [5, 5.41) is 20.8. The lowest BCUT2D eigenvalue weighted by Gasteiger charge is -2.04. The second-order valence-corrected chi connectivity index (χ2v) is 5.55. The SMILES string of the molecule is O=C(Cc1ccc(-n2cnnn2)cc1)Nc1cc(-c2ccncc2)[nH]n1. The molecule has 3 aromatic heterocycles. The van der Waals surface area contributed by atoms with Crippen molar-refractivity contribution in [1.82, 2.24) is 35.4 Å². The predicted octanol–water partition coefficient (Wildman–Crippen LogP) is 1.63. The lowest BCUT2D eigenvalue weighted by molar-refractivity contribution is -0.115. The molecule has 4 aromatic rings. The van der Waals surface area contributed by atoms with Gasteiger partial charge in [0, 0.05) is 24.0 Å². The maximum Gasteiger partial charge on any atom is 0.229 e. The van der Waals surface area contributed by atoms with Crippen LogP contribution in [0.1, 0.15) is 5.56 Å². The minimum atomic E-state index is -0.145. The Kier molecular flexibility index (Phi) is 4.17. The number of pyridine rings is 1. The molecular formula is C17H14N8O. The van der Waals surface area contributed by atoms with Gasteiger partial charge < -0.3 is 5.32 Å². The van der Waals surface area contributed by atoms with Gasteiger partial charge in [-0.3, -0.25) is 14.9 Å². The number of nitrogens with one attached hydrogen (secondary N) is 2. The quantitative estimate of drug-likeness (QED) is 0.568. The third kappa shape index (κ3) is 3.46. The zero-order valence-electron chi connectivity index (χ0n) is 13.6. The maximum atomic E-state index is 12.2. The van der Waals surface area contributed by atoms with Crippen LogP contribution in [-0.2, 0) is 11.2 Å². The number of tetrazole rings is 1. The van der Waals surface area contributed by atoms with Crippen molar-refractivity contribution < 1.29 is 4.79 Å². The van der Waals surface area contributed by atoms with Crippen molar-refractivity contribution in [2.75, 3.05) is 5.32 Å². The summed E-state index contributed by atoms with van der Waals surface area (Å²) in [6.07, 6.45) is 5.16. The number of nitrogens with zero attached hydrogens (tertiary/aromatic N) is 6. The van der Waals surface area contributed by atoms with Crippen LogP contribution in [0.25, 0.3) is 16.9 Å². The van der Waals surface area contributed by atoms with Gasteiger partial charge in [-0.15, -0.1) is 5.10 Å². The highest BCUT2D eigenvalue weighted by Gasteiger charge is 2.09. The summed E-state index contributed by atoms with van der Waals surface area (Å²) in [6.45, 7) is 0. The fourth-order valence-corrected chi connectivity index (χ4v) is 2.48. The molecule has 0 spiro atoms. The van der Waals surface area contributed by atoms with Crippen molar-refractivity contribution in [2.24, 2.45) is 0 Å². The standard InChI is InChI=1S/C17H14N8O/c26-17(9-12-1-3-14(4-2-12)25-11-19-23-24-25)20-16-10-15(21-22-16)13-5-7-18-8-6-13/h1-8,10-11H,9H2,(H2,20,21,22,26). The molecule has 4 rings (SSSR count). The van der Waals surface area contributed by atoms with Crippen molar-refractivity contribution in [3.63, 3.8) is 0 Å². The van der Waals surface area contributed by atoms with E-state index in [-0.39, 0.29) is 12.3 Å². The zero-order valence-corrected chi connectivity index (χ0v) is 13.6. The molecule has 0 bridgehead atoms. The Bertz CT molecular complexity index is 993. The number of anilines is 1. The molecule has 0 aliphatic carbocycles. The van der Waals surface area contributed by atoms with Crippen LogP contribution in [0.4, 0.5) is 5.82 Å². The van der Waals surface area contributed by atoms with Gasteiger partial charge in [0.05, 0.1) is 17.8 Å². The molecule has 0 atom stereocenters. The lowest BCUT2D eigenvalue weighted by Crippen LogP contribution is -2.14. The largest absolute Gasteiger partial charge is 0.309 e. The summed E-state index contributed by atoms with van der Waals surface area (Å²) in [6, 6.07) is 13.0. The molecule has 0 fully saturated rings. The fourth-order valence-electron chi connectivity index (χ4n) is 2.48. The van der Waals surface area contributed by atoms with Crippen molar-refractivity contribution >= 4 is 11.7 Å². The highest BCUT2D eigenvalue weighted by atomic mass is 16.1. The van der Waals surface area contributed by atoms with Gasteiger partial charge in [0.25, 0.3) is 0 Å². The first-order chi connectivity index (χ1) is 12.8. The maximum absolute atomic E-state index is 12.2. The minimum Gasteiger partial charge on any atom is -0.309 e. The minimum absolute atomic E-state index is 0.145. The molecule has 1 aromatic carbocycles. The molecule has 3 heterocycles. The molecule has 0 aliphatic heterocycles. The molecule has 9 heteroatoms. The molecule has 0 saturated carbocycles. The van der Waals surface area contributed by atoms with E-state index in [2.05, 4.69) is 36.0 Å². The van der Waals surface area contributed by atoms with Gasteiger partial charge in [-0.05, 0) is 40.3 Å². The van der Waals surface area contributed by atoms with Crippen molar-refractivity contribution in [3.8, 4) is 16.9 Å². The van der Waals surface area contributed by atoms with E-state index in [0.717, 1.165) is 22.5 Å². The first kappa shape index (κ1) is 15.6. The first-order valence-electron chi connectivity index (χ1n) is 7.86.